The highest BCUT2D eigenvalue weighted by Crippen LogP contribution is 2.65. The summed E-state index contributed by atoms with van der Waals surface area (Å²) in [6.07, 6.45) is 2.39. The molecular weight excluding hydrogens is 549 g/mol. The second kappa shape index (κ2) is 11.6. The van der Waals surface area contributed by atoms with Gasteiger partial charge < -0.3 is 29.2 Å². The van der Waals surface area contributed by atoms with Crippen LogP contribution in [0.2, 0.25) is 0 Å². The van der Waals surface area contributed by atoms with Crippen molar-refractivity contribution in [2.75, 3.05) is 6.61 Å². The molecule has 2 bridgehead atoms. The zero-order valence-corrected chi connectivity index (χ0v) is 25.8. The maximum atomic E-state index is 13.4. The highest BCUT2D eigenvalue weighted by Gasteiger charge is 2.68. The Labute approximate surface area is 253 Å². The zero-order chi connectivity index (χ0) is 31.2. The fourth-order valence-electron chi connectivity index (χ4n) is 7.07. The van der Waals surface area contributed by atoms with Gasteiger partial charge >= 0.3 is 19.1 Å². The number of hydrogen-bond donors (Lipinski definition) is 2. The van der Waals surface area contributed by atoms with E-state index in [1.165, 1.54) is 0 Å². The standard InChI is InChI=1S/C33H42BNO8/c1-31(2,3)41-29(37)19-40-24-12-8-10-21(14-24)16-28(36)35-27(15-20-9-7-11-22(13-20)30(38)39)34-42-26-18-23-17-25(32(23,4)5)33(26,6)43-34/h7-14,23,25-27H,15-19H2,1-6H3,(H,35,36)(H,38,39). The Bertz CT molecular complexity index is 1390. The largest absolute Gasteiger partial charge is 0.482 e. The number of aromatic carboxylic acids is 1. The van der Waals surface area contributed by atoms with Crippen LogP contribution in [0.25, 0.3) is 0 Å². The first-order valence-electron chi connectivity index (χ1n) is 15.0. The molecule has 0 spiro atoms. The molecule has 9 nitrogen and oxygen atoms in total. The van der Waals surface area contributed by atoms with Crippen LogP contribution in [0.3, 0.4) is 0 Å². The number of nitrogens with one attached hydrogen (secondary N) is 1. The topological polar surface area (TPSA) is 120 Å². The predicted octanol–water partition coefficient (Wildman–Crippen LogP) is 4.64. The first-order valence-corrected chi connectivity index (χ1v) is 15.0. The minimum atomic E-state index is -1.01. The quantitative estimate of drug-likeness (QED) is 0.303. The van der Waals surface area contributed by atoms with Gasteiger partial charge in [-0.25, -0.2) is 9.59 Å². The fraction of sp³-hybridized carbons (Fsp3) is 0.545. The van der Waals surface area contributed by atoms with Crippen molar-refractivity contribution in [2.24, 2.45) is 17.3 Å². The Hall–Kier alpha value is -3.37. The Kier molecular flexibility index (Phi) is 8.39. The first-order chi connectivity index (χ1) is 20.1. The lowest BCUT2D eigenvalue weighted by molar-refractivity contribution is -0.199. The Morgan fingerprint density at radius 3 is 2.49 bits per heavy atom. The van der Waals surface area contributed by atoms with Crippen molar-refractivity contribution in [3.63, 3.8) is 0 Å². The molecule has 5 atom stereocenters. The van der Waals surface area contributed by atoms with E-state index in [1.807, 2.05) is 12.1 Å². The average Bonchev–Trinajstić information content (AvgIpc) is 3.28. The second-order valence-corrected chi connectivity index (χ2v) is 13.9. The summed E-state index contributed by atoms with van der Waals surface area (Å²) in [7, 11) is -0.675. The number of hydrogen-bond acceptors (Lipinski definition) is 7. The van der Waals surface area contributed by atoms with E-state index in [0.717, 1.165) is 18.4 Å². The summed E-state index contributed by atoms with van der Waals surface area (Å²) in [6, 6.07) is 13.8. The number of rotatable bonds is 10. The van der Waals surface area contributed by atoms with Crippen molar-refractivity contribution < 1.29 is 38.3 Å². The van der Waals surface area contributed by atoms with E-state index < -0.39 is 36.2 Å². The number of carboxylic acid groups (broad SMARTS) is 1. The van der Waals surface area contributed by atoms with Crippen molar-refractivity contribution in [3.05, 3.63) is 65.2 Å². The molecule has 2 aromatic rings. The van der Waals surface area contributed by atoms with Crippen LogP contribution in [-0.4, -0.2) is 59.9 Å². The van der Waals surface area contributed by atoms with Gasteiger partial charge in [-0.2, -0.15) is 0 Å². The van der Waals surface area contributed by atoms with Gasteiger partial charge in [-0.15, -0.1) is 0 Å². The van der Waals surface area contributed by atoms with Gasteiger partial charge in [0.15, 0.2) is 6.61 Å². The molecule has 1 amide bonds. The van der Waals surface area contributed by atoms with Gasteiger partial charge in [0, 0.05) is 0 Å². The third kappa shape index (κ3) is 6.75. The van der Waals surface area contributed by atoms with Gasteiger partial charge in [0.2, 0.25) is 5.91 Å². The summed E-state index contributed by atoms with van der Waals surface area (Å²) in [5, 5.41) is 12.6. The van der Waals surface area contributed by atoms with Crippen LogP contribution in [0.15, 0.2) is 48.5 Å². The maximum Gasteiger partial charge on any atom is 0.482 e. The second-order valence-electron chi connectivity index (χ2n) is 13.9. The Morgan fingerprint density at radius 1 is 1.07 bits per heavy atom. The fourth-order valence-corrected chi connectivity index (χ4v) is 7.07. The zero-order valence-electron chi connectivity index (χ0n) is 25.8. The van der Waals surface area contributed by atoms with E-state index in [1.54, 1.807) is 57.2 Å². The highest BCUT2D eigenvalue weighted by atomic mass is 16.7. The normalized spacial score (nSPS) is 26.1. The molecule has 3 saturated carbocycles. The van der Waals surface area contributed by atoms with Crippen LogP contribution in [0.1, 0.15) is 75.9 Å². The molecule has 2 N–H and O–H groups in total. The third-order valence-corrected chi connectivity index (χ3v) is 9.31. The number of benzene rings is 2. The van der Waals surface area contributed by atoms with Gasteiger partial charge in [-0.1, -0.05) is 38.1 Å². The van der Waals surface area contributed by atoms with Crippen molar-refractivity contribution in [3.8, 4) is 5.75 Å². The average molecular weight is 592 g/mol. The van der Waals surface area contributed by atoms with Crippen molar-refractivity contribution >= 4 is 25.0 Å². The molecular formula is C33H42BNO8. The van der Waals surface area contributed by atoms with Gasteiger partial charge in [0.1, 0.15) is 11.4 Å². The number of esters is 1. The molecule has 0 radical (unpaired) electrons. The van der Waals surface area contributed by atoms with E-state index in [4.69, 9.17) is 18.8 Å². The molecule has 10 heteroatoms. The van der Waals surface area contributed by atoms with E-state index in [9.17, 15) is 19.5 Å². The van der Waals surface area contributed by atoms with Gasteiger partial charge in [0.05, 0.1) is 29.6 Å². The molecule has 1 saturated heterocycles. The molecule has 4 aliphatic rings. The van der Waals surface area contributed by atoms with E-state index in [-0.39, 0.29) is 36.0 Å². The molecule has 43 heavy (non-hydrogen) atoms. The number of carboxylic acids is 1. The van der Waals surface area contributed by atoms with Crippen molar-refractivity contribution in [1.82, 2.24) is 5.32 Å². The molecule has 6 rings (SSSR count). The highest BCUT2D eigenvalue weighted by molar-refractivity contribution is 6.48. The number of amides is 1. The van der Waals surface area contributed by atoms with Gasteiger partial charge in [-0.3, -0.25) is 4.79 Å². The number of ether oxygens (including phenoxy) is 2. The molecule has 5 unspecified atom stereocenters. The van der Waals surface area contributed by atoms with Crippen molar-refractivity contribution in [1.29, 1.82) is 0 Å². The number of carbonyl (C=O) groups is 3. The number of carbonyl (C=O) groups excluding carboxylic acids is 2. The maximum absolute atomic E-state index is 13.4. The molecule has 230 valence electrons. The van der Waals surface area contributed by atoms with Gasteiger partial charge in [-0.05, 0) is 99.6 Å². The lowest BCUT2D eigenvalue weighted by atomic mass is 9.43. The summed E-state index contributed by atoms with van der Waals surface area (Å²) in [5.41, 5.74) is 0.775. The lowest BCUT2D eigenvalue weighted by Crippen LogP contribution is -2.65. The molecule has 1 aliphatic heterocycles. The summed E-state index contributed by atoms with van der Waals surface area (Å²) in [6.45, 7) is 11.9. The minimum absolute atomic E-state index is 0.0576. The summed E-state index contributed by atoms with van der Waals surface area (Å²) in [4.78, 5) is 37.1. The summed E-state index contributed by atoms with van der Waals surface area (Å²) in [5.74, 6) is -0.847. The van der Waals surface area contributed by atoms with Crippen LogP contribution in [-0.2, 0) is 36.5 Å². The van der Waals surface area contributed by atoms with E-state index in [2.05, 4.69) is 26.1 Å². The van der Waals surface area contributed by atoms with E-state index >= 15 is 0 Å². The van der Waals surface area contributed by atoms with Crippen molar-refractivity contribution in [2.45, 2.75) is 90.5 Å². The van der Waals surface area contributed by atoms with Crippen LogP contribution in [0, 0.1) is 17.3 Å². The minimum Gasteiger partial charge on any atom is -0.482 e. The van der Waals surface area contributed by atoms with E-state index in [0.29, 0.717) is 29.6 Å². The molecule has 1 heterocycles. The predicted molar refractivity (Wildman–Crippen MR) is 161 cm³/mol. The molecule has 4 fully saturated rings. The smallest absolute Gasteiger partial charge is 0.482 e. The van der Waals surface area contributed by atoms with Crippen LogP contribution < -0.4 is 10.1 Å². The van der Waals surface area contributed by atoms with Crippen LogP contribution in [0.4, 0.5) is 0 Å². The lowest BCUT2D eigenvalue weighted by Gasteiger charge is -2.64. The van der Waals surface area contributed by atoms with Gasteiger partial charge in [0.25, 0.3) is 0 Å². The summed E-state index contributed by atoms with van der Waals surface area (Å²) < 4.78 is 24.1. The van der Waals surface area contributed by atoms with Crippen LogP contribution in [0.5, 0.6) is 5.75 Å². The Morgan fingerprint density at radius 2 is 1.79 bits per heavy atom. The molecule has 2 aromatic carbocycles. The molecule has 3 aliphatic carbocycles. The monoisotopic (exact) mass is 591 g/mol. The SMILES string of the molecule is CC(C)(C)OC(=O)COc1cccc(CC(=O)NC(Cc2cccc(C(=O)O)c2)B2OC3CC4CC(C4(C)C)C3(C)O2)c1. The summed E-state index contributed by atoms with van der Waals surface area (Å²) >= 11 is 0. The first kappa shape index (κ1) is 31.1. The third-order valence-electron chi connectivity index (χ3n) is 9.31. The van der Waals surface area contributed by atoms with Crippen LogP contribution >= 0.6 is 0 Å². The Balaban J connectivity index is 1.29. The molecule has 0 aromatic heterocycles.